The molecule has 2 aliphatic carbocycles. The van der Waals surface area contributed by atoms with Crippen molar-refractivity contribution in [1.29, 1.82) is 0 Å². The van der Waals surface area contributed by atoms with Gasteiger partial charge in [0.1, 0.15) is 5.54 Å². The van der Waals surface area contributed by atoms with E-state index in [-0.39, 0.29) is 6.42 Å². The summed E-state index contributed by atoms with van der Waals surface area (Å²) in [5.41, 5.74) is 3.69. The van der Waals surface area contributed by atoms with Gasteiger partial charge in [0.25, 0.3) is 5.91 Å². The molecular formula is C8H12F2N2O3S. The van der Waals surface area contributed by atoms with E-state index in [9.17, 15) is 22.0 Å². The first-order chi connectivity index (χ1) is 7.27. The van der Waals surface area contributed by atoms with Gasteiger partial charge in [-0.15, -0.1) is 0 Å². The number of hydrogen-bond donors (Lipinski definition) is 2. The largest absolute Gasteiger partial charge is 0.317 e. The summed E-state index contributed by atoms with van der Waals surface area (Å²) in [4.78, 5) is 11.4. The van der Waals surface area contributed by atoms with Crippen LogP contribution in [0.3, 0.4) is 0 Å². The molecule has 92 valence electrons. The molecule has 0 aromatic heterocycles. The molecule has 2 rings (SSSR count). The Morgan fingerprint density at radius 1 is 1.44 bits per heavy atom. The van der Waals surface area contributed by atoms with Gasteiger partial charge in [-0.3, -0.25) is 9.52 Å². The van der Waals surface area contributed by atoms with Crippen molar-refractivity contribution in [2.75, 3.05) is 0 Å². The number of sulfonamides is 1. The number of nitrogens with two attached hydrogens (primary N) is 1. The van der Waals surface area contributed by atoms with Gasteiger partial charge in [-0.1, -0.05) is 0 Å². The van der Waals surface area contributed by atoms with Crippen LogP contribution in [0, 0.1) is 5.92 Å². The molecule has 2 saturated carbocycles. The van der Waals surface area contributed by atoms with E-state index in [1.807, 2.05) is 0 Å². The van der Waals surface area contributed by atoms with E-state index in [0.717, 1.165) is 0 Å². The van der Waals surface area contributed by atoms with Crippen LogP contribution in [0.5, 0.6) is 0 Å². The zero-order valence-corrected chi connectivity index (χ0v) is 9.14. The molecule has 1 amide bonds. The van der Waals surface area contributed by atoms with Gasteiger partial charge in [-0.2, -0.15) is 0 Å². The smallest absolute Gasteiger partial charge is 0.254 e. The summed E-state index contributed by atoms with van der Waals surface area (Å²) in [6.45, 7) is 0. The summed E-state index contributed by atoms with van der Waals surface area (Å²) in [5, 5.41) is -0.566. The lowest BCUT2D eigenvalue weighted by molar-refractivity contribution is -0.122. The molecule has 8 heteroatoms. The molecule has 0 spiro atoms. The minimum absolute atomic E-state index is 0.170. The van der Waals surface area contributed by atoms with Crippen molar-refractivity contribution >= 4 is 15.9 Å². The molecule has 5 nitrogen and oxygen atoms in total. The zero-order chi connectivity index (χ0) is 12.1. The van der Waals surface area contributed by atoms with Crippen molar-refractivity contribution in [2.45, 2.75) is 36.5 Å². The molecule has 0 unspecified atom stereocenters. The molecule has 2 atom stereocenters. The average Bonchev–Trinajstić information content (AvgIpc) is 2.95. The summed E-state index contributed by atoms with van der Waals surface area (Å²) in [7, 11) is -3.70. The zero-order valence-electron chi connectivity index (χ0n) is 8.32. The van der Waals surface area contributed by atoms with E-state index < -0.39 is 39.1 Å². The van der Waals surface area contributed by atoms with Crippen LogP contribution in [0.2, 0.25) is 0 Å². The molecule has 0 aromatic carbocycles. The van der Waals surface area contributed by atoms with Crippen LogP contribution < -0.4 is 10.5 Å². The predicted octanol–water partition coefficient (Wildman–Crippen LogP) is -0.423. The van der Waals surface area contributed by atoms with Gasteiger partial charge in [0, 0.05) is 5.92 Å². The monoisotopic (exact) mass is 254 g/mol. The molecule has 16 heavy (non-hydrogen) atoms. The van der Waals surface area contributed by atoms with Gasteiger partial charge < -0.3 is 5.73 Å². The molecule has 2 aliphatic rings. The third kappa shape index (κ3) is 1.91. The Balaban J connectivity index is 2.00. The van der Waals surface area contributed by atoms with E-state index in [1.54, 1.807) is 4.72 Å². The maximum Gasteiger partial charge on any atom is 0.254 e. The minimum atomic E-state index is -3.70. The van der Waals surface area contributed by atoms with Crippen LogP contribution in [0.1, 0.15) is 19.3 Å². The summed E-state index contributed by atoms with van der Waals surface area (Å²) >= 11 is 0. The fourth-order valence-electron chi connectivity index (χ4n) is 1.57. The van der Waals surface area contributed by atoms with Crippen molar-refractivity contribution in [2.24, 2.45) is 11.7 Å². The molecule has 0 aromatic rings. The number of hydrogen-bond acceptors (Lipinski definition) is 4. The third-order valence-corrected chi connectivity index (χ3v) is 4.80. The maximum absolute atomic E-state index is 12.3. The molecule has 0 saturated heterocycles. The SMILES string of the molecule is N[C@]1(C(=O)NS(=O)(=O)C2CC2)C[C@H]1C(F)F. The van der Waals surface area contributed by atoms with Crippen LogP contribution in [0.25, 0.3) is 0 Å². The van der Waals surface area contributed by atoms with Gasteiger partial charge in [0.15, 0.2) is 0 Å². The standard InChI is InChI=1S/C8H12F2N2O3S/c9-6(10)5-3-8(5,11)7(13)12-16(14,15)4-1-2-4/h4-6H,1-3,11H2,(H,12,13)/t5-,8+/m0/s1. The van der Waals surface area contributed by atoms with Crippen LogP contribution >= 0.6 is 0 Å². The fourth-order valence-corrected chi connectivity index (χ4v) is 2.94. The lowest BCUT2D eigenvalue weighted by Gasteiger charge is -2.12. The van der Waals surface area contributed by atoms with Gasteiger partial charge in [-0.05, 0) is 19.3 Å². The highest BCUT2D eigenvalue weighted by molar-refractivity contribution is 7.90. The molecule has 3 N–H and O–H groups in total. The minimum Gasteiger partial charge on any atom is -0.317 e. The summed E-state index contributed by atoms with van der Waals surface area (Å²) < 4.78 is 49.1. The maximum atomic E-state index is 12.3. The van der Waals surface area contributed by atoms with Crippen LogP contribution in [0.4, 0.5) is 8.78 Å². The van der Waals surface area contributed by atoms with Crippen LogP contribution in [0.15, 0.2) is 0 Å². The Morgan fingerprint density at radius 2 is 2.00 bits per heavy atom. The van der Waals surface area contributed by atoms with Crippen molar-refractivity contribution in [3.63, 3.8) is 0 Å². The van der Waals surface area contributed by atoms with Gasteiger partial charge in [0.05, 0.1) is 5.25 Å². The number of carbonyl (C=O) groups excluding carboxylic acids is 1. The Bertz CT molecular complexity index is 421. The highest BCUT2D eigenvalue weighted by Crippen LogP contribution is 2.45. The van der Waals surface area contributed by atoms with Crippen molar-refractivity contribution in [1.82, 2.24) is 4.72 Å². The quantitative estimate of drug-likeness (QED) is 0.713. The fraction of sp³-hybridized carbons (Fsp3) is 0.875. The summed E-state index contributed by atoms with van der Waals surface area (Å²) in [5.74, 6) is -2.24. The molecule has 0 bridgehead atoms. The second-order valence-electron chi connectivity index (χ2n) is 4.36. The predicted molar refractivity (Wildman–Crippen MR) is 51.1 cm³/mol. The summed E-state index contributed by atoms with van der Waals surface area (Å²) in [6.07, 6.45) is -1.87. The number of carbonyl (C=O) groups is 1. The van der Waals surface area contributed by atoms with E-state index >= 15 is 0 Å². The number of rotatable bonds is 4. The van der Waals surface area contributed by atoms with Crippen LogP contribution in [-0.4, -0.2) is 31.5 Å². The Morgan fingerprint density at radius 3 is 2.38 bits per heavy atom. The molecule has 0 aliphatic heterocycles. The van der Waals surface area contributed by atoms with Gasteiger partial charge in [-0.25, -0.2) is 17.2 Å². The van der Waals surface area contributed by atoms with E-state index in [2.05, 4.69) is 0 Å². The molecule has 2 fully saturated rings. The average molecular weight is 254 g/mol. The van der Waals surface area contributed by atoms with E-state index in [4.69, 9.17) is 5.73 Å². The first kappa shape index (κ1) is 11.7. The summed E-state index contributed by atoms with van der Waals surface area (Å²) in [6, 6.07) is 0. The van der Waals surface area contributed by atoms with Crippen molar-refractivity contribution in [3.05, 3.63) is 0 Å². The number of nitrogens with one attached hydrogen (secondary N) is 1. The lowest BCUT2D eigenvalue weighted by atomic mass is 10.2. The van der Waals surface area contributed by atoms with Crippen molar-refractivity contribution in [3.8, 4) is 0 Å². The van der Waals surface area contributed by atoms with Crippen molar-refractivity contribution < 1.29 is 22.0 Å². The lowest BCUT2D eigenvalue weighted by Crippen LogP contribution is -2.48. The number of amides is 1. The Labute approximate surface area is 91.4 Å². The van der Waals surface area contributed by atoms with Gasteiger partial charge >= 0.3 is 0 Å². The van der Waals surface area contributed by atoms with Gasteiger partial charge in [0.2, 0.25) is 16.4 Å². The highest BCUT2D eigenvalue weighted by Gasteiger charge is 2.62. The number of halogens is 2. The second kappa shape index (κ2) is 3.36. The van der Waals surface area contributed by atoms with E-state index in [0.29, 0.717) is 12.8 Å². The first-order valence-corrected chi connectivity index (χ1v) is 6.45. The topological polar surface area (TPSA) is 89.3 Å². The second-order valence-corrected chi connectivity index (χ2v) is 6.32. The molecule has 0 radical (unpaired) electrons. The Hall–Kier alpha value is -0.760. The number of alkyl halides is 2. The molecule has 0 heterocycles. The first-order valence-electron chi connectivity index (χ1n) is 4.90. The highest BCUT2D eigenvalue weighted by atomic mass is 32.2. The van der Waals surface area contributed by atoms with E-state index in [1.165, 1.54) is 0 Å². The third-order valence-electron chi connectivity index (χ3n) is 2.98. The molecular weight excluding hydrogens is 242 g/mol. The Kier molecular flexibility index (Phi) is 2.46. The van der Waals surface area contributed by atoms with Crippen LogP contribution in [-0.2, 0) is 14.8 Å². The normalized spacial score (nSPS) is 33.9.